The number of halogens is 5. The van der Waals surface area contributed by atoms with Crippen molar-refractivity contribution in [2.75, 3.05) is 0 Å². The Bertz CT molecular complexity index is 247. The molecule has 0 bridgehead atoms. The minimum absolute atomic E-state index is 0.0135. The second-order valence-corrected chi connectivity index (χ2v) is 8.06. The highest BCUT2D eigenvalue weighted by Gasteiger charge is 2.40. The van der Waals surface area contributed by atoms with Gasteiger partial charge in [0.1, 0.15) is 0 Å². The maximum absolute atomic E-state index is 6.27. The molecular formula is C12H17Cl5. The molecule has 5 heteroatoms. The van der Waals surface area contributed by atoms with Crippen LogP contribution in [-0.2, 0) is 0 Å². The Balaban J connectivity index is 1.94. The fraction of sp³-hybridized carbons (Fsp3) is 1.00. The third kappa shape index (κ3) is 3.51. The lowest BCUT2D eigenvalue weighted by Crippen LogP contribution is -2.40. The van der Waals surface area contributed by atoms with E-state index in [0.717, 1.165) is 32.1 Å². The Kier molecular flexibility index (Phi) is 5.47. The van der Waals surface area contributed by atoms with Crippen LogP contribution in [0.3, 0.4) is 0 Å². The average molecular weight is 339 g/mol. The minimum atomic E-state index is -0.106. The van der Waals surface area contributed by atoms with Crippen molar-refractivity contribution in [3.8, 4) is 0 Å². The summed E-state index contributed by atoms with van der Waals surface area (Å²) >= 11 is 31.1. The molecule has 0 aromatic carbocycles. The Morgan fingerprint density at radius 3 is 1.59 bits per heavy atom. The fourth-order valence-electron chi connectivity index (χ4n) is 3.08. The van der Waals surface area contributed by atoms with Crippen LogP contribution in [0.5, 0.6) is 0 Å². The van der Waals surface area contributed by atoms with Crippen LogP contribution in [0.1, 0.15) is 32.1 Å². The SMILES string of the molecule is ClC1CCC(C2CC(Cl)C(Cl)C(Cl)C2)CC1Cl. The summed E-state index contributed by atoms with van der Waals surface area (Å²) in [5.74, 6) is 1.17. The topological polar surface area (TPSA) is 0 Å². The van der Waals surface area contributed by atoms with Crippen LogP contribution < -0.4 is 0 Å². The molecule has 0 aromatic rings. The molecule has 5 unspecified atom stereocenters. The van der Waals surface area contributed by atoms with E-state index in [0.29, 0.717) is 11.8 Å². The second-order valence-electron chi connectivity index (χ2n) is 5.31. The third-order valence-corrected chi connectivity index (χ3v) is 7.05. The van der Waals surface area contributed by atoms with Crippen LogP contribution >= 0.6 is 58.0 Å². The summed E-state index contributed by atoms with van der Waals surface area (Å²) in [7, 11) is 0. The zero-order valence-corrected chi connectivity index (χ0v) is 13.2. The van der Waals surface area contributed by atoms with E-state index in [-0.39, 0.29) is 26.9 Å². The van der Waals surface area contributed by atoms with E-state index < -0.39 is 0 Å². The summed E-state index contributed by atoms with van der Waals surface area (Å²) in [6.07, 6.45) is 5.05. The number of rotatable bonds is 1. The van der Waals surface area contributed by atoms with Gasteiger partial charge in [-0.25, -0.2) is 0 Å². The van der Waals surface area contributed by atoms with Gasteiger partial charge in [0, 0.05) is 5.38 Å². The van der Waals surface area contributed by atoms with Gasteiger partial charge in [-0.2, -0.15) is 0 Å². The Morgan fingerprint density at radius 2 is 1.06 bits per heavy atom. The highest BCUT2D eigenvalue weighted by Crippen LogP contribution is 2.44. The molecule has 2 saturated carbocycles. The van der Waals surface area contributed by atoms with Crippen molar-refractivity contribution in [3.63, 3.8) is 0 Å². The van der Waals surface area contributed by atoms with E-state index in [9.17, 15) is 0 Å². The Morgan fingerprint density at radius 1 is 0.529 bits per heavy atom. The number of alkyl halides is 5. The van der Waals surface area contributed by atoms with Gasteiger partial charge >= 0.3 is 0 Å². The van der Waals surface area contributed by atoms with Crippen LogP contribution in [0, 0.1) is 11.8 Å². The first-order chi connectivity index (χ1) is 7.99. The molecule has 5 atom stereocenters. The number of hydrogen-bond acceptors (Lipinski definition) is 0. The molecule has 0 radical (unpaired) electrons. The van der Waals surface area contributed by atoms with Gasteiger partial charge in [0.2, 0.25) is 0 Å². The molecule has 0 heterocycles. The molecule has 2 aliphatic carbocycles. The predicted molar refractivity (Wildman–Crippen MR) is 78.3 cm³/mol. The standard InChI is InChI=1S/C12H17Cl5/c13-8-2-1-6(3-9(8)14)7-4-10(15)12(17)11(16)5-7/h6-12H,1-5H2. The van der Waals surface area contributed by atoms with Crippen molar-refractivity contribution in [2.24, 2.45) is 11.8 Å². The molecule has 0 N–H and O–H groups in total. The van der Waals surface area contributed by atoms with Crippen LogP contribution in [0.25, 0.3) is 0 Å². The number of hydrogen-bond donors (Lipinski definition) is 0. The van der Waals surface area contributed by atoms with Crippen molar-refractivity contribution in [3.05, 3.63) is 0 Å². The molecule has 0 amide bonds. The van der Waals surface area contributed by atoms with E-state index >= 15 is 0 Å². The first-order valence-corrected chi connectivity index (χ1v) is 8.37. The van der Waals surface area contributed by atoms with Gasteiger partial charge in [0.25, 0.3) is 0 Å². The Labute approximate surface area is 128 Å². The molecule has 2 fully saturated rings. The van der Waals surface area contributed by atoms with E-state index in [1.165, 1.54) is 0 Å². The molecule has 2 rings (SSSR count). The Hall–Kier alpha value is 1.45. The van der Waals surface area contributed by atoms with Gasteiger partial charge in [0.15, 0.2) is 0 Å². The smallest absolute Gasteiger partial charge is 0.0663 e. The highest BCUT2D eigenvalue weighted by molar-refractivity contribution is 6.35. The van der Waals surface area contributed by atoms with Gasteiger partial charge < -0.3 is 0 Å². The predicted octanol–water partition coefficient (Wildman–Crippen LogP) is 5.23. The molecule has 0 nitrogen and oxygen atoms in total. The lowest BCUT2D eigenvalue weighted by molar-refractivity contribution is 0.205. The third-order valence-electron chi connectivity index (χ3n) is 4.15. The van der Waals surface area contributed by atoms with Crippen molar-refractivity contribution in [1.82, 2.24) is 0 Å². The van der Waals surface area contributed by atoms with Gasteiger partial charge in [-0.3, -0.25) is 0 Å². The van der Waals surface area contributed by atoms with E-state index in [4.69, 9.17) is 58.0 Å². The average Bonchev–Trinajstić information content (AvgIpc) is 2.29. The monoisotopic (exact) mass is 336 g/mol. The van der Waals surface area contributed by atoms with Crippen LogP contribution in [0.15, 0.2) is 0 Å². The second kappa shape index (κ2) is 6.27. The van der Waals surface area contributed by atoms with Gasteiger partial charge in [-0.05, 0) is 43.9 Å². The summed E-state index contributed by atoms with van der Waals surface area (Å²) in [5.41, 5.74) is 0. The van der Waals surface area contributed by atoms with Crippen LogP contribution in [0.2, 0.25) is 0 Å². The molecule has 100 valence electrons. The largest absolute Gasteiger partial charge is 0.121 e. The summed E-state index contributed by atoms with van der Waals surface area (Å²) in [4.78, 5) is 0. The van der Waals surface area contributed by atoms with E-state index in [2.05, 4.69) is 0 Å². The summed E-state index contributed by atoms with van der Waals surface area (Å²) < 4.78 is 0. The molecular weight excluding hydrogens is 321 g/mol. The maximum Gasteiger partial charge on any atom is 0.0663 e. The minimum Gasteiger partial charge on any atom is -0.121 e. The van der Waals surface area contributed by atoms with Crippen LogP contribution in [0.4, 0.5) is 0 Å². The van der Waals surface area contributed by atoms with Crippen molar-refractivity contribution >= 4 is 58.0 Å². The zero-order valence-electron chi connectivity index (χ0n) is 9.47. The first kappa shape index (κ1) is 14.9. The van der Waals surface area contributed by atoms with Crippen LogP contribution in [-0.4, -0.2) is 26.9 Å². The van der Waals surface area contributed by atoms with Crippen molar-refractivity contribution in [1.29, 1.82) is 0 Å². The van der Waals surface area contributed by atoms with Gasteiger partial charge in [-0.1, -0.05) is 0 Å². The molecule has 0 aromatic heterocycles. The molecule has 0 aliphatic heterocycles. The zero-order chi connectivity index (χ0) is 12.6. The normalized spacial score (nSPS) is 52.4. The lowest BCUT2D eigenvalue weighted by atomic mass is 9.73. The molecule has 0 saturated heterocycles. The molecule has 2 aliphatic rings. The van der Waals surface area contributed by atoms with Gasteiger partial charge in [-0.15, -0.1) is 58.0 Å². The molecule has 17 heavy (non-hydrogen) atoms. The van der Waals surface area contributed by atoms with Crippen molar-refractivity contribution in [2.45, 2.75) is 59.0 Å². The summed E-state index contributed by atoms with van der Waals surface area (Å²) in [6, 6.07) is 0. The summed E-state index contributed by atoms with van der Waals surface area (Å²) in [5, 5.41) is 0.0779. The quantitative estimate of drug-likeness (QED) is 0.574. The van der Waals surface area contributed by atoms with Crippen molar-refractivity contribution < 1.29 is 0 Å². The highest BCUT2D eigenvalue weighted by atomic mass is 35.5. The molecule has 0 spiro atoms. The van der Waals surface area contributed by atoms with E-state index in [1.807, 2.05) is 0 Å². The summed E-state index contributed by atoms with van der Waals surface area (Å²) in [6.45, 7) is 0. The lowest BCUT2D eigenvalue weighted by Gasteiger charge is -2.40. The van der Waals surface area contributed by atoms with E-state index in [1.54, 1.807) is 0 Å². The first-order valence-electron chi connectivity index (χ1n) is 6.19. The maximum atomic E-state index is 6.27. The van der Waals surface area contributed by atoms with Gasteiger partial charge in [0.05, 0.1) is 21.5 Å². The fourth-order valence-corrected chi connectivity index (χ4v) is 4.76.